The van der Waals surface area contributed by atoms with Crippen LogP contribution in [0.3, 0.4) is 0 Å². The zero-order valence-corrected chi connectivity index (χ0v) is 10.6. The van der Waals surface area contributed by atoms with Crippen molar-refractivity contribution in [1.29, 1.82) is 0 Å². The lowest BCUT2D eigenvalue weighted by molar-refractivity contribution is -0.143. The van der Waals surface area contributed by atoms with E-state index >= 15 is 0 Å². The van der Waals surface area contributed by atoms with Crippen molar-refractivity contribution in [3.05, 3.63) is 24.3 Å². The molecular weight excluding hydrogens is 228 g/mol. The lowest BCUT2D eigenvalue weighted by atomic mass is 9.78. The number of carbonyl (C=O) groups excluding carboxylic acids is 1. The van der Waals surface area contributed by atoms with Gasteiger partial charge in [-0.25, -0.2) is 4.79 Å². The molecule has 0 bridgehead atoms. The lowest BCUT2D eigenvalue weighted by Gasteiger charge is -2.30. The van der Waals surface area contributed by atoms with Gasteiger partial charge < -0.3 is 9.47 Å². The number of ether oxygens (including phenoxy) is 2. The topological polar surface area (TPSA) is 38.8 Å². The van der Waals surface area contributed by atoms with Gasteiger partial charge >= 0.3 is 5.97 Å². The summed E-state index contributed by atoms with van der Waals surface area (Å²) in [5.74, 6) is 0.709. The van der Waals surface area contributed by atoms with Crippen LogP contribution in [0.1, 0.15) is 26.2 Å². The van der Waals surface area contributed by atoms with E-state index in [2.05, 4.69) is 20.1 Å². The average molecular weight is 246 g/mol. The van der Waals surface area contributed by atoms with Gasteiger partial charge in [-0.05, 0) is 32.1 Å². The summed E-state index contributed by atoms with van der Waals surface area (Å²) in [6, 6.07) is 0. The molecule has 0 spiro atoms. The molecule has 18 heavy (non-hydrogen) atoms. The van der Waals surface area contributed by atoms with Crippen LogP contribution in [0.2, 0.25) is 0 Å². The van der Waals surface area contributed by atoms with Gasteiger partial charge in [0.15, 0.2) is 0 Å². The van der Waals surface area contributed by atoms with Crippen LogP contribution in [0.4, 0.5) is 0 Å². The highest BCUT2D eigenvalue weighted by atomic mass is 16.6. The molecule has 2 heterocycles. The number of carbonyl (C=O) groups is 1. The minimum atomic E-state index is -0.205. The van der Waals surface area contributed by atoms with Gasteiger partial charge in [-0.3, -0.25) is 0 Å². The van der Waals surface area contributed by atoms with Crippen molar-refractivity contribution in [1.82, 2.24) is 0 Å². The SMILES string of the molecule is C=C1C(=O)O[C@@H]2[C@@H]3[C@@H](C[C@H]4O[C@@]34C)C(=C)CC[C@@H]12. The molecule has 96 valence electrons. The van der Waals surface area contributed by atoms with Gasteiger partial charge in [0.05, 0.1) is 11.7 Å². The van der Waals surface area contributed by atoms with Crippen molar-refractivity contribution in [3.8, 4) is 0 Å². The summed E-state index contributed by atoms with van der Waals surface area (Å²) in [5.41, 5.74) is 1.88. The molecule has 2 aliphatic carbocycles. The van der Waals surface area contributed by atoms with Gasteiger partial charge in [0, 0.05) is 17.4 Å². The molecule has 6 atom stereocenters. The van der Waals surface area contributed by atoms with E-state index in [9.17, 15) is 4.79 Å². The Labute approximate surface area is 107 Å². The van der Waals surface area contributed by atoms with E-state index < -0.39 is 0 Å². The molecule has 2 saturated heterocycles. The quantitative estimate of drug-likeness (QED) is 0.285. The standard InChI is InChI=1S/C15H18O3/c1-7-4-5-9-8(2)14(16)17-13(9)12-10(7)6-11-15(12,3)18-11/h9-13H,1-2,4-6H2,3H3/t9-,10-,11+,12-,13-,15+/m0/s1. The third kappa shape index (κ3) is 1.11. The summed E-state index contributed by atoms with van der Waals surface area (Å²) < 4.78 is 11.5. The average Bonchev–Trinajstić information content (AvgIpc) is 2.82. The highest BCUT2D eigenvalue weighted by molar-refractivity contribution is 5.90. The second-order valence-electron chi connectivity index (χ2n) is 6.36. The number of epoxide rings is 1. The summed E-state index contributed by atoms with van der Waals surface area (Å²) in [7, 11) is 0. The molecule has 0 amide bonds. The van der Waals surface area contributed by atoms with Crippen LogP contribution in [-0.2, 0) is 14.3 Å². The zero-order chi connectivity index (χ0) is 12.7. The fourth-order valence-electron chi connectivity index (χ4n) is 4.42. The Bertz CT molecular complexity index is 480. The first-order chi connectivity index (χ1) is 8.52. The summed E-state index contributed by atoms with van der Waals surface area (Å²) in [6.07, 6.45) is 3.29. The van der Waals surface area contributed by atoms with E-state index in [0.29, 0.717) is 17.6 Å². The van der Waals surface area contributed by atoms with Crippen molar-refractivity contribution >= 4 is 5.97 Å². The number of esters is 1. The molecule has 2 aliphatic heterocycles. The molecule has 0 unspecified atom stereocenters. The largest absolute Gasteiger partial charge is 0.458 e. The number of hydrogen-bond donors (Lipinski definition) is 0. The van der Waals surface area contributed by atoms with E-state index in [1.165, 1.54) is 5.57 Å². The van der Waals surface area contributed by atoms with E-state index in [1.54, 1.807) is 0 Å². The fraction of sp³-hybridized carbons (Fsp3) is 0.667. The Morgan fingerprint density at radius 3 is 2.89 bits per heavy atom. The molecule has 3 heteroatoms. The zero-order valence-electron chi connectivity index (χ0n) is 10.6. The molecule has 4 rings (SSSR count). The second-order valence-corrected chi connectivity index (χ2v) is 6.36. The first kappa shape index (κ1) is 10.8. The summed E-state index contributed by atoms with van der Waals surface area (Å²) in [6.45, 7) is 10.3. The molecule has 4 fully saturated rings. The maximum absolute atomic E-state index is 11.8. The molecule has 2 saturated carbocycles. The van der Waals surface area contributed by atoms with Crippen molar-refractivity contribution in [3.63, 3.8) is 0 Å². The summed E-state index contributed by atoms with van der Waals surface area (Å²) in [4.78, 5) is 11.8. The van der Waals surface area contributed by atoms with Crippen LogP contribution in [0.5, 0.6) is 0 Å². The van der Waals surface area contributed by atoms with Gasteiger partial charge in [-0.2, -0.15) is 0 Å². The highest BCUT2D eigenvalue weighted by Crippen LogP contribution is 2.63. The molecule has 3 nitrogen and oxygen atoms in total. The molecule has 4 aliphatic rings. The van der Waals surface area contributed by atoms with Crippen LogP contribution in [0.25, 0.3) is 0 Å². The van der Waals surface area contributed by atoms with E-state index in [-0.39, 0.29) is 29.5 Å². The fourth-order valence-corrected chi connectivity index (χ4v) is 4.42. The van der Waals surface area contributed by atoms with Gasteiger partial charge in [0.25, 0.3) is 0 Å². The molecule has 0 radical (unpaired) electrons. The predicted octanol–water partition coefficient (Wildman–Crippen LogP) is 2.23. The van der Waals surface area contributed by atoms with Crippen molar-refractivity contribution in [2.24, 2.45) is 17.8 Å². The number of rotatable bonds is 0. The van der Waals surface area contributed by atoms with Crippen LogP contribution >= 0.6 is 0 Å². The Morgan fingerprint density at radius 2 is 2.11 bits per heavy atom. The number of hydrogen-bond acceptors (Lipinski definition) is 3. The minimum absolute atomic E-state index is 0.0354. The van der Waals surface area contributed by atoms with Gasteiger partial charge in [-0.1, -0.05) is 18.7 Å². The predicted molar refractivity (Wildman–Crippen MR) is 65.8 cm³/mol. The first-order valence-electron chi connectivity index (χ1n) is 6.77. The monoisotopic (exact) mass is 246 g/mol. The maximum atomic E-state index is 11.8. The Balaban J connectivity index is 1.77. The molecule has 0 N–H and O–H groups in total. The lowest BCUT2D eigenvalue weighted by Crippen LogP contribution is -2.37. The van der Waals surface area contributed by atoms with Crippen LogP contribution < -0.4 is 0 Å². The smallest absolute Gasteiger partial charge is 0.334 e. The molecule has 0 aromatic carbocycles. The Hall–Kier alpha value is -1.09. The molecular formula is C15H18O3. The number of allylic oxidation sites excluding steroid dienone is 1. The number of fused-ring (bicyclic) bond motifs is 5. The molecule has 0 aromatic rings. The van der Waals surface area contributed by atoms with Gasteiger partial charge in [0.1, 0.15) is 6.10 Å². The van der Waals surface area contributed by atoms with Crippen LogP contribution in [0.15, 0.2) is 24.3 Å². The normalized spacial score (nSPS) is 53.4. The minimum Gasteiger partial charge on any atom is -0.458 e. The molecule has 0 aromatic heterocycles. The van der Waals surface area contributed by atoms with Crippen molar-refractivity contribution < 1.29 is 14.3 Å². The summed E-state index contributed by atoms with van der Waals surface area (Å²) in [5, 5.41) is 0. The first-order valence-corrected chi connectivity index (χ1v) is 6.77. The third-order valence-corrected chi connectivity index (χ3v) is 5.55. The van der Waals surface area contributed by atoms with E-state index in [0.717, 1.165) is 19.3 Å². The van der Waals surface area contributed by atoms with E-state index in [4.69, 9.17) is 9.47 Å². The highest BCUT2D eigenvalue weighted by Gasteiger charge is 2.70. The van der Waals surface area contributed by atoms with Gasteiger partial charge in [-0.15, -0.1) is 0 Å². The maximum Gasteiger partial charge on any atom is 0.334 e. The van der Waals surface area contributed by atoms with E-state index in [1.807, 2.05) is 0 Å². The second kappa shape index (κ2) is 3.08. The summed E-state index contributed by atoms with van der Waals surface area (Å²) >= 11 is 0. The Kier molecular flexibility index (Phi) is 1.85. The third-order valence-electron chi connectivity index (χ3n) is 5.55. The van der Waals surface area contributed by atoms with Crippen LogP contribution in [0, 0.1) is 17.8 Å². The van der Waals surface area contributed by atoms with Crippen LogP contribution in [-0.4, -0.2) is 23.8 Å². The van der Waals surface area contributed by atoms with Gasteiger partial charge in [0.2, 0.25) is 0 Å². The van der Waals surface area contributed by atoms with Crippen molar-refractivity contribution in [2.45, 2.75) is 44.0 Å². The Morgan fingerprint density at radius 1 is 1.33 bits per heavy atom. The van der Waals surface area contributed by atoms with Crippen molar-refractivity contribution in [2.75, 3.05) is 0 Å².